The van der Waals surface area contributed by atoms with Gasteiger partial charge in [-0.2, -0.15) is 0 Å². The van der Waals surface area contributed by atoms with Crippen molar-refractivity contribution in [1.82, 2.24) is 10.6 Å². The van der Waals surface area contributed by atoms with Gasteiger partial charge in [-0.1, -0.05) is 12.1 Å². The van der Waals surface area contributed by atoms with Crippen LogP contribution in [-0.4, -0.2) is 42.7 Å². The van der Waals surface area contributed by atoms with Crippen molar-refractivity contribution in [3.05, 3.63) is 29.8 Å². The fraction of sp³-hybridized carbons (Fsp3) is 0.556. The van der Waals surface area contributed by atoms with Crippen LogP contribution in [0.3, 0.4) is 0 Å². The second-order valence-electron chi connectivity index (χ2n) is 7.10. The van der Waals surface area contributed by atoms with Gasteiger partial charge in [0.25, 0.3) is 0 Å². The zero-order valence-corrected chi connectivity index (χ0v) is 14.9. The minimum absolute atomic E-state index is 0.0829. The number of rotatable bonds is 10. The Balaban J connectivity index is 2.41. The molecule has 1 rings (SSSR count). The van der Waals surface area contributed by atoms with Crippen LogP contribution in [-0.2, 0) is 20.7 Å². The Hall–Kier alpha value is -2.08. The van der Waals surface area contributed by atoms with Gasteiger partial charge >= 0.3 is 0 Å². The third kappa shape index (κ3) is 7.00. The number of ether oxygens (including phenoxy) is 1. The number of aromatic hydroxyl groups is 1. The molecule has 0 heterocycles. The second kappa shape index (κ2) is 8.68. The molecule has 0 saturated carbocycles. The van der Waals surface area contributed by atoms with Gasteiger partial charge in [0.1, 0.15) is 5.75 Å². The maximum Gasteiger partial charge on any atom is 0.227 e. The Morgan fingerprint density at radius 1 is 1.21 bits per heavy atom. The van der Waals surface area contributed by atoms with Crippen molar-refractivity contribution in [3.63, 3.8) is 0 Å². The number of benzene rings is 1. The lowest BCUT2D eigenvalue weighted by molar-refractivity contribution is -0.137. The van der Waals surface area contributed by atoms with Crippen LogP contribution < -0.4 is 10.6 Å². The van der Waals surface area contributed by atoms with Crippen LogP contribution in [0, 0.1) is 5.41 Å². The molecule has 6 heteroatoms. The van der Waals surface area contributed by atoms with E-state index < -0.39 is 11.0 Å². The van der Waals surface area contributed by atoms with E-state index in [0.717, 1.165) is 5.56 Å². The van der Waals surface area contributed by atoms with E-state index >= 15 is 0 Å². The molecule has 1 aromatic rings. The zero-order valence-electron chi connectivity index (χ0n) is 14.9. The summed E-state index contributed by atoms with van der Waals surface area (Å²) < 4.78 is 5.79. The van der Waals surface area contributed by atoms with Crippen molar-refractivity contribution in [3.8, 4) is 5.75 Å². The minimum Gasteiger partial charge on any atom is -0.508 e. The van der Waals surface area contributed by atoms with Crippen LogP contribution in [0.25, 0.3) is 0 Å². The van der Waals surface area contributed by atoms with Crippen LogP contribution in [0.2, 0.25) is 0 Å². The molecular formula is C18H28N2O4. The van der Waals surface area contributed by atoms with E-state index in [1.54, 1.807) is 12.1 Å². The number of carbonyl (C=O) groups is 2. The van der Waals surface area contributed by atoms with Gasteiger partial charge in [0, 0.05) is 13.1 Å². The highest BCUT2D eigenvalue weighted by Gasteiger charge is 2.31. The van der Waals surface area contributed by atoms with Crippen molar-refractivity contribution in [2.45, 2.75) is 39.7 Å². The Bertz CT molecular complexity index is 538. The van der Waals surface area contributed by atoms with E-state index in [4.69, 9.17) is 4.74 Å². The van der Waals surface area contributed by atoms with Crippen LogP contribution in [0.4, 0.5) is 0 Å². The lowest BCUT2D eigenvalue weighted by Gasteiger charge is -2.31. The van der Waals surface area contributed by atoms with Crippen LogP contribution in [0.1, 0.15) is 33.3 Å². The highest BCUT2D eigenvalue weighted by atomic mass is 16.5. The maximum absolute atomic E-state index is 12.3. The molecule has 0 radical (unpaired) electrons. The Kier molecular flexibility index (Phi) is 7.22. The number of amides is 2. The largest absolute Gasteiger partial charge is 0.508 e. The molecule has 1 aromatic carbocycles. The highest BCUT2D eigenvalue weighted by molar-refractivity contribution is 5.81. The van der Waals surface area contributed by atoms with Crippen molar-refractivity contribution in [2.24, 2.45) is 5.41 Å². The highest BCUT2D eigenvalue weighted by Crippen LogP contribution is 2.20. The third-order valence-corrected chi connectivity index (χ3v) is 3.69. The average Bonchev–Trinajstić information content (AvgIpc) is 2.53. The van der Waals surface area contributed by atoms with Gasteiger partial charge in [-0.15, -0.1) is 0 Å². The first-order valence-corrected chi connectivity index (χ1v) is 8.03. The molecule has 0 atom stereocenters. The number of carbonyl (C=O) groups excluding carboxylic acids is 2. The van der Waals surface area contributed by atoms with Gasteiger partial charge in [0.15, 0.2) is 0 Å². The molecule has 0 aliphatic heterocycles. The number of hydrogen-bond acceptors (Lipinski definition) is 4. The summed E-state index contributed by atoms with van der Waals surface area (Å²) in [5.74, 6) is 0.146. The van der Waals surface area contributed by atoms with Gasteiger partial charge in [0.05, 0.1) is 17.6 Å². The van der Waals surface area contributed by atoms with Crippen LogP contribution in [0.15, 0.2) is 24.3 Å². The van der Waals surface area contributed by atoms with Gasteiger partial charge in [-0.05, 0) is 51.8 Å². The van der Waals surface area contributed by atoms with Crippen molar-refractivity contribution >= 4 is 12.3 Å². The molecule has 134 valence electrons. The summed E-state index contributed by atoms with van der Waals surface area (Å²) in [6, 6.07) is 6.92. The van der Waals surface area contributed by atoms with E-state index in [2.05, 4.69) is 10.6 Å². The lowest BCUT2D eigenvalue weighted by Crippen LogP contribution is -2.45. The van der Waals surface area contributed by atoms with Gasteiger partial charge in [-0.3, -0.25) is 9.59 Å². The fourth-order valence-electron chi connectivity index (χ4n) is 2.00. The number of phenols is 1. The van der Waals surface area contributed by atoms with E-state index in [-0.39, 0.29) is 18.3 Å². The van der Waals surface area contributed by atoms with Gasteiger partial charge in [-0.25, -0.2) is 0 Å². The second-order valence-corrected chi connectivity index (χ2v) is 7.10. The summed E-state index contributed by atoms with van der Waals surface area (Å²) in [4.78, 5) is 22.7. The summed E-state index contributed by atoms with van der Waals surface area (Å²) in [7, 11) is 0. The Labute approximate surface area is 143 Å². The first-order chi connectivity index (χ1) is 11.2. The molecule has 0 saturated heterocycles. The lowest BCUT2D eigenvalue weighted by atomic mass is 9.93. The molecule has 0 aliphatic carbocycles. The summed E-state index contributed by atoms with van der Waals surface area (Å²) in [6.45, 7) is 8.53. The smallest absolute Gasteiger partial charge is 0.227 e. The molecule has 0 fully saturated rings. The Morgan fingerprint density at radius 2 is 1.83 bits per heavy atom. The van der Waals surface area contributed by atoms with Crippen molar-refractivity contribution < 1.29 is 19.4 Å². The van der Waals surface area contributed by atoms with Crippen molar-refractivity contribution in [1.29, 1.82) is 0 Å². The summed E-state index contributed by atoms with van der Waals surface area (Å²) in [5.41, 5.74) is -0.166. The zero-order chi connectivity index (χ0) is 18.2. The summed E-state index contributed by atoms with van der Waals surface area (Å²) in [6.07, 6.45) is 1.32. The van der Waals surface area contributed by atoms with Crippen molar-refractivity contribution in [2.75, 3.05) is 19.7 Å². The molecule has 2 amide bonds. The first kappa shape index (κ1) is 20.0. The van der Waals surface area contributed by atoms with Crippen LogP contribution >= 0.6 is 0 Å². The maximum atomic E-state index is 12.3. The van der Waals surface area contributed by atoms with E-state index in [1.165, 1.54) is 0 Å². The molecule has 3 N–H and O–H groups in total. The predicted molar refractivity (Wildman–Crippen MR) is 92.7 cm³/mol. The fourth-order valence-corrected chi connectivity index (χ4v) is 2.00. The standard InChI is InChI=1S/C18H28N2O4/c1-17(2,12-24-18(3,4)11-19-13-21)16(23)20-10-9-14-5-7-15(22)8-6-14/h5-8,13,22H,9-12H2,1-4H3,(H,19,21)(H,20,23). The Morgan fingerprint density at radius 3 is 2.42 bits per heavy atom. The molecule has 0 unspecified atom stereocenters. The molecule has 24 heavy (non-hydrogen) atoms. The monoisotopic (exact) mass is 336 g/mol. The van der Waals surface area contributed by atoms with E-state index in [9.17, 15) is 14.7 Å². The quantitative estimate of drug-likeness (QED) is 0.567. The molecule has 0 bridgehead atoms. The van der Waals surface area contributed by atoms with Crippen LogP contribution in [0.5, 0.6) is 5.75 Å². The molecule has 0 spiro atoms. The normalized spacial score (nSPS) is 11.8. The molecule has 0 aromatic heterocycles. The van der Waals surface area contributed by atoms with E-state index in [0.29, 0.717) is 25.9 Å². The molecule has 0 aliphatic rings. The number of hydrogen-bond donors (Lipinski definition) is 3. The summed E-state index contributed by atoms with van der Waals surface area (Å²) >= 11 is 0. The third-order valence-electron chi connectivity index (χ3n) is 3.69. The predicted octanol–water partition coefficient (Wildman–Crippen LogP) is 1.62. The average molecular weight is 336 g/mol. The molecular weight excluding hydrogens is 308 g/mol. The number of nitrogens with one attached hydrogen (secondary N) is 2. The van der Waals surface area contributed by atoms with Gasteiger partial charge in [0.2, 0.25) is 12.3 Å². The minimum atomic E-state index is -0.673. The number of phenolic OH excluding ortho intramolecular Hbond substituents is 1. The SMILES string of the molecule is CC(C)(CNC=O)OCC(C)(C)C(=O)NCCc1ccc(O)cc1. The molecule has 6 nitrogen and oxygen atoms in total. The topological polar surface area (TPSA) is 87.7 Å². The van der Waals surface area contributed by atoms with Gasteiger partial charge < -0.3 is 20.5 Å². The first-order valence-electron chi connectivity index (χ1n) is 8.03. The van der Waals surface area contributed by atoms with E-state index in [1.807, 2.05) is 39.8 Å². The summed E-state index contributed by atoms with van der Waals surface area (Å²) in [5, 5.41) is 14.7.